The zero-order chi connectivity index (χ0) is 15.7. The van der Waals surface area contributed by atoms with Crippen LogP contribution < -0.4 is 0 Å². The van der Waals surface area contributed by atoms with Crippen LogP contribution in [0.25, 0.3) is 0 Å². The molecule has 0 fully saturated rings. The summed E-state index contributed by atoms with van der Waals surface area (Å²) in [6.07, 6.45) is 0.299. The van der Waals surface area contributed by atoms with Gasteiger partial charge in [-0.05, 0) is 35.0 Å². The number of nitrogens with zero attached hydrogens (tertiary/aromatic N) is 2. The number of benzene rings is 2. The van der Waals surface area contributed by atoms with Crippen LogP contribution in [-0.2, 0) is 5.72 Å². The first-order valence-electron chi connectivity index (χ1n) is 6.93. The van der Waals surface area contributed by atoms with Crippen molar-refractivity contribution < 1.29 is 9.90 Å². The maximum Gasteiger partial charge on any atom is 0.278 e. The van der Waals surface area contributed by atoms with E-state index in [4.69, 9.17) is 0 Å². The molecule has 0 bridgehead atoms. The Hall–Kier alpha value is -1.98. The minimum absolute atomic E-state index is 0.299. The van der Waals surface area contributed by atoms with E-state index in [-0.39, 0.29) is 5.91 Å². The molecule has 0 aliphatic carbocycles. The van der Waals surface area contributed by atoms with Crippen LogP contribution in [0, 0.1) is 0 Å². The summed E-state index contributed by atoms with van der Waals surface area (Å²) in [5.41, 5.74) is 0.385. The highest BCUT2D eigenvalue weighted by Crippen LogP contribution is 2.36. The van der Waals surface area contributed by atoms with Gasteiger partial charge < -0.3 is 5.11 Å². The molecule has 2 aromatic carbocycles. The van der Waals surface area contributed by atoms with Crippen molar-refractivity contribution in [2.24, 2.45) is 5.10 Å². The molecule has 3 rings (SSSR count). The van der Waals surface area contributed by atoms with Crippen LogP contribution in [0.5, 0.6) is 0 Å². The van der Waals surface area contributed by atoms with E-state index in [1.54, 1.807) is 37.3 Å². The lowest BCUT2D eigenvalue weighted by atomic mass is 9.97. The number of carbonyl (C=O) groups excluding carboxylic acids is 1. The Kier molecular flexibility index (Phi) is 3.85. The Morgan fingerprint density at radius 3 is 2.50 bits per heavy atom. The number of hydrogen-bond acceptors (Lipinski definition) is 3. The summed E-state index contributed by atoms with van der Waals surface area (Å²) in [7, 11) is 0. The lowest BCUT2D eigenvalue weighted by molar-refractivity contribution is -0.0765. The van der Waals surface area contributed by atoms with Gasteiger partial charge in [0.25, 0.3) is 5.91 Å². The maximum absolute atomic E-state index is 12.8. The zero-order valence-corrected chi connectivity index (χ0v) is 13.6. The minimum Gasteiger partial charge on any atom is -0.365 e. The van der Waals surface area contributed by atoms with Crippen LogP contribution in [0.2, 0.25) is 0 Å². The number of aliphatic hydroxyl groups is 1. The van der Waals surface area contributed by atoms with Crippen molar-refractivity contribution in [1.82, 2.24) is 5.01 Å². The number of halogens is 1. The third kappa shape index (κ3) is 2.46. The monoisotopic (exact) mass is 358 g/mol. The van der Waals surface area contributed by atoms with E-state index in [0.29, 0.717) is 27.7 Å². The molecule has 0 aromatic heterocycles. The third-order valence-electron chi connectivity index (χ3n) is 3.66. The van der Waals surface area contributed by atoms with E-state index in [1.807, 2.05) is 24.3 Å². The molecule has 5 heteroatoms. The van der Waals surface area contributed by atoms with Crippen molar-refractivity contribution in [3.05, 3.63) is 70.2 Å². The molecular formula is C17H15BrN2O2. The van der Waals surface area contributed by atoms with Gasteiger partial charge in [0.2, 0.25) is 0 Å². The molecule has 1 aliphatic heterocycles. The van der Waals surface area contributed by atoms with Crippen molar-refractivity contribution in [1.29, 1.82) is 0 Å². The van der Waals surface area contributed by atoms with E-state index >= 15 is 0 Å². The molecular weight excluding hydrogens is 344 g/mol. The van der Waals surface area contributed by atoms with Crippen molar-refractivity contribution in [2.75, 3.05) is 0 Å². The summed E-state index contributed by atoms with van der Waals surface area (Å²) in [6, 6.07) is 16.3. The van der Waals surface area contributed by atoms with Gasteiger partial charge in [-0.25, -0.2) is 0 Å². The van der Waals surface area contributed by atoms with Gasteiger partial charge in [0.05, 0.1) is 5.56 Å². The highest BCUT2D eigenvalue weighted by Gasteiger charge is 2.45. The van der Waals surface area contributed by atoms with Crippen LogP contribution in [0.15, 0.2) is 64.2 Å². The lowest BCUT2D eigenvalue weighted by Crippen LogP contribution is -2.43. The topological polar surface area (TPSA) is 52.9 Å². The normalized spacial score (nSPS) is 20.9. The number of hydrazone groups is 1. The molecule has 0 spiro atoms. The first-order valence-corrected chi connectivity index (χ1v) is 7.73. The molecule has 112 valence electrons. The summed E-state index contributed by atoms with van der Waals surface area (Å²) in [5, 5.41) is 16.5. The van der Waals surface area contributed by atoms with Crippen LogP contribution in [-0.4, -0.2) is 21.7 Å². The third-order valence-corrected chi connectivity index (χ3v) is 4.35. The van der Waals surface area contributed by atoms with Gasteiger partial charge in [0, 0.05) is 22.2 Å². The Morgan fingerprint density at radius 1 is 1.18 bits per heavy atom. The highest BCUT2D eigenvalue weighted by molar-refractivity contribution is 9.10. The fraction of sp³-hybridized carbons (Fsp3) is 0.176. The second kappa shape index (κ2) is 5.66. The van der Waals surface area contributed by atoms with Crippen LogP contribution in [0.1, 0.15) is 29.3 Å². The predicted molar refractivity (Wildman–Crippen MR) is 88.4 cm³/mol. The SMILES string of the molecule is CC1=NN(C(=O)c2ccccc2Br)[C@@](O)(c2ccccc2)C1. The summed E-state index contributed by atoms with van der Waals surface area (Å²) in [6.45, 7) is 1.81. The Balaban J connectivity index is 2.04. The first-order chi connectivity index (χ1) is 10.5. The smallest absolute Gasteiger partial charge is 0.278 e. The van der Waals surface area contributed by atoms with Gasteiger partial charge in [-0.1, -0.05) is 42.5 Å². The average Bonchev–Trinajstić information content (AvgIpc) is 2.84. The largest absolute Gasteiger partial charge is 0.365 e. The molecule has 1 aliphatic rings. The molecule has 22 heavy (non-hydrogen) atoms. The van der Waals surface area contributed by atoms with Gasteiger partial charge in [0.1, 0.15) is 0 Å². The van der Waals surface area contributed by atoms with E-state index in [9.17, 15) is 9.90 Å². The number of hydrogen-bond donors (Lipinski definition) is 1. The fourth-order valence-electron chi connectivity index (χ4n) is 2.61. The Labute approximate surface area is 137 Å². The molecule has 2 aromatic rings. The molecule has 1 N–H and O–H groups in total. The maximum atomic E-state index is 12.8. The summed E-state index contributed by atoms with van der Waals surface area (Å²) >= 11 is 3.38. The van der Waals surface area contributed by atoms with Crippen LogP contribution in [0.4, 0.5) is 0 Å². The quantitative estimate of drug-likeness (QED) is 0.892. The van der Waals surface area contributed by atoms with Crippen molar-refractivity contribution in [3.8, 4) is 0 Å². The van der Waals surface area contributed by atoms with E-state index in [0.717, 1.165) is 0 Å². The lowest BCUT2D eigenvalue weighted by Gasteiger charge is -2.31. The zero-order valence-electron chi connectivity index (χ0n) is 12.0. The Bertz CT molecular complexity index is 745. The van der Waals surface area contributed by atoms with Gasteiger partial charge in [0.15, 0.2) is 5.72 Å². The van der Waals surface area contributed by atoms with Gasteiger partial charge in [-0.15, -0.1) is 0 Å². The van der Waals surface area contributed by atoms with Gasteiger partial charge in [-0.3, -0.25) is 4.79 Å². The molecule has 0 radical (unpaired) electrons. The number of carbonyl (C=O) groups is 1. The van der Waals surface area contributed by atoms with Gasteiger partial charge >= 0.3 is 0 Å². The van der Waals surface area contributed by atoms with E-state index in [1.165, 1.54) is 5.01 Å². The second-order valence-corrected chi connectivity index (χ2v) is 6.15. The standard InChI is InChI=1S/C17H15BrN2O2/c1-12-11-17(22,13-7-3-2-4-8-13)20(19-12)16(21)14-9-5-6-10-15(14)18/h2-10,22H,11H2,1H3/t17-/m0/s1. The molecule has 0 saturated carbocycles. The first kappa shape index (κ1) is 14.9. The minimum atomic E-state index is -1.45. The second-order valence-electron chi connectivity index (χ2n) is 5.29. The predicted octanol–water partition coefficient (Wildman–Crippen LogP) is 3.52. The van der Waals surface area contributed by atoms with Crippen LogP contribution >= 0.6 is 15.9 Å². The Morgan fingerprint density at radius 2 is 1.82 bits per heavy atom. The van der Waals surface area contributed by atoms with Gasteiger partial charge in [-0.2, -0.15) is 10.1 Å². The molecule has 0 saturated heterocycles. The van der Waals surface area contributed by atoms with Crippen molar-refractivity contribution in [3.63, 3.8) is 0 Å². The summed E-state index contributed by atoms with van der Waals surface area (Å²) < 4.78 is 0.676. The van der Waals surface area contributed by atoms with Crippen molar-refractivity contribution in [2.45, 2.75) is 19.1 Å². The van der Waals surface area contributed by atoms with Crippen LogP contribution in [0.3, 0.4) is 0 Å². The summed E-state index contributed by atoms with van der Waals surface area (Å²) in [5.74, 6) is -0.337. The fourth-order valence-corrected chi connectivity index (χ4v) is 3.07. The highest BCUT2D eigenvalue weighted by atomic mass is 79.9. The number of amides is 1. The molecule has 1 heterocycles. The summed E-state index contributed by atoms with van der Waals surface area (Å²) in [4.78, 5) is 12.8. The van der Waals surface area contributed by atoms with Crippen molar-refractivity contribution >= 4 is 27.5 Å². The number of rotatable bonds is 2. The molecule has 1 amide bonds. The average molecular weight is 359 g/mol. The molecule has 4 nitrogen and oxygen atoms in total. The van der Waals surface area contributed by atoms with E-state index in [2.05, 4.69) is 21.0 Å². The molecule has 1 atom stereocenters. The van der Waals surface area contributed by atoms with E-state index < -0.39 is 5.72 Å². The molecule has 0 unspecified atom stereocenters.